The van der Waals surface area contributed by atoms with Crippen LogP contribution in [0.1, 0.15) is 63.3 Å². The number of aromatic amines is 2. The van der Waals surface area contributed by atoms with Crippen molar-refractivity contribution in [3.63, 3.8) is 0 Å². The third-order valence-corrected chi connectivity index (χ3v) is 13.9. The maximum absolute atomic E-state index is 14.4. The summed E-state index contributed by atoms with van der Waals surface area (Å²) in [7, 11) is 2.60. The molecule has 1 unspecified atom stereocenters. The van der Waals surface area contributed by atoms with Crippen molar-refractivity contribution < 1.29 is 28.7 Å². The number of imidazole rings is 2. The van der Waals surface area contributed by atoms with Gasteiger partial charge in [0, 0.05) is 35.0 Å². The number of amides is 4. The molecule has 4 aromatic carbocycles. The molecule has 3 aliphatic rings. The molecule has 4 amide bonds. The average Bonchev–Trinajstić information content (AvgIpc) is 4.14. The highest BCUT2D eigenvalue weighted by Crippen LogP contribution is 2.40. The molecule has 0 bridgehead atoms. The third kappa shape index (κ3) is 7.98. The number of methoxy groups -OCH3 is 2. The van der Waals surface area contributed by atoms with E-state index < -0.39 is 24.3 Å². The molecule has 1 aliphatic carbocycles. The van der Waals surface area contributed by atoms with Crippen LogP contribution in [0.25, 0.3) is 54.7 Å². The van der Waals surface area contributed by atoms with E-state index in [4.69, 9.17) is 19.4 Å². The van der Waals surface area contributed by atoms with Gasteiger partial charge in [0.2, 0.25) is 11.8 Å². The van der Waals surface area contributed by atoms with Crippen molar-refractivity contribution >= 4 is 79.4 Å². The first kappa shape index (κ1) is 42.0. The van der Waals surface area contributed by atoms with Crippen LogP contribution in [0.5, 0.6) is 0 Å². The van der Waals surface area contributed by atoms with E-state index in [1.165, 1.54) is 14.2 Å². The van der Waals surface area contributed by atoms with Gasteiger partial charge >= 0.3 is 12.2 Å². The van der Waals surface area contributed by atoms with E-state index in [0.29, 0.717) is 19.5 Å². The number of nitrogens with zero attached hydrogens (tertiary/aromatic N) is 4. The van der Waals surface area contributed by atoms with Crippen LogP contribution in [0.4, 0.5) is 9.59 Å². The zero-order valence-electron chi connectivity index (χ0n) is 36.0. The molecule has 0 radical (unpaired) electrons. The minimum absolute atomic E-state index is 0.117. The van der Waals surface area contributed by atoms with Crippen LogP contribution < -0.4 is 10.6 Å². The second kappa shape index (κ2) is 17.4. The summed E-state index contributed by atoms with van der Waals surface area (Å²) in [6.45, 7) is 4.95. The number of nitrogens with one attached hydrogen (secondary N) is 4. The second-order valence-electron chi connectivity index (χ2n) is 17.0. The van der Waals surface area contributed by atoms with Crippen LogP contribution >= 0.6 is 11.8 Å². The van der Waals surface area contributed by atoms with Crippen molar-refractivity contribution in [3.8, 4) is 11.1 Å². The summed E-state index contributed by atoms with van der Waals surface area (Å²) >= 11 is 1.73. The lowest BCUT2D eigenvalue weighted by molar-refractivity contribution is -0.136. The van der Waals surface area contributed by atoms with Gasteiger partial charge in [-0.25, -0.2) is 19.6 Å². The Morgan fingerprint density at radius 3 is 1.97 bits per heavy atom. The molecule has 2 aliphatic heterocycles. The van der Waals surface area contributed by atoms with Gasteiger partial charge < -0.3 is 39.9 Å². The van der Waals surface area contributed by atoms with E-state index in [2.05, 4.69) is 75.4 Å². The monoisotopic (exact) mass is 868 g/mol. The summed E-state index contributed by atoms with van der Waals surface area (Å²) in [6.07, 6.45) is 11.6. The molecule has 2 saturated heterocycles. The van der Waals surface area contributed by atoms with E-state index in [1.807, 2.05) is 60.1 Å². The number of allylic oxidation sites excluding steroid dienone is 3. The fourth-order valence-corrected chi connectivity index (χ4v) is 10.2. The fourth-order valence-electron chi connectivity index (χ4n) is 9.56. The van der Waals surface area contributed by atoms with Gasteiger partial charge in [-0.2, -0.15) is 11.8 Å². The van der Waals surface area contributed by atoms with Crippen LogP contribution in [0.3, 0.4) is 0 Å². The number of benzene rings is 4. The predicted octanol–water partition coefficient (Wildman–Crippen LogP) is 8.32. The summed E-state index contributed by atoms with van der Waals surface area (Å²) in [5.74, 6) is 0.868. The van der Waals surface area contributed by atoms with E-state index in [-0.39, 0.29) is 41.0 Å². The summed E-state index contributed by atoms with van der Waals surface area (Å²) in [6, 6.07) is 19.1. The Balaban J connectivity index is 0.979. The quantitative estimate of drug-likeness (QED) is 0.106. The molecule has 6 aromatic rings. The highest BCUT2D eigenvalue weighted by atomic mass is 32.2. The predicted molar refractivity (Wildman–Crippen MR) is 246 cm³/mol. The van der Waals surface area contributed by atoms with Crippen molar-refractivity contribution in [1.82, 2.24) is 40.4 Å². The summed E-state index contributed by atoms with van der Waals surface area (Å²) < 4.78 is 9.73. The van der Waals surface area contributed by atoms with E-state index in [1.54, 1.807) is 11.8 Å². The lowest BCUT2D eigenvalue weighted by atomic mass is 9.91. The Kier molecular flexibility index (Phi) is 11.6. The molecule has 2 aromatic heterocycles. The van der Waals surface area contributed by atoms with Crippen molar-refractivity contribution in [2.45, 2.75) is 68.9 Å². The zero-order valence-corrected chi connectivity index (χ0v) is 36.8. The van der Waals surface area contributed by atoms with Crippen molar-refractivity contribution in [1.29, 1.82) is 0 Å². The van der Waals surface area contributed by atoms with Gasteiger partial charge in [-0.05, 0) is 84.0 Å². The normalized spacial score (nSPS) is 20.9. The number of carbonyl (C=O) groups is 4. The van der Waals surface area contributed by atoms with Crippen LogP contribution in [0.15, 0.2) is 85.0 Å². The number of H-pyrrole nitrogens is 2. The van der Waals surface area contributed by atoms with Gasteiger partial charge in [0.15, 0.2) is 0 Å². The number of ether oxygens (including phenoxy) is 2. The molecule has 4 N–H and O–H groups in total. The van der Waals surface area contributed by atoms with Crippen molar-refractivity contribution in [2.75, 3.05) is 33.6 Å². The standard InChI is InChI=1S/C48H52N8O6S/c1-26(2)39(53-47(59)61-3)45(57)55-21-9-12-37(55)43-49-35-19-15-30-22-28(13-17-33(30)41(35)51-43)29-14-18-34-31(23-29)16-20-36-42(34)52-44(50-36)38-24-32(63-5)25-56(38)46(58)40(54-48(60)62-4)27-10-7-6-8-11-27/h6-8,10,13-20,22-23,26-27,32,37-40H,9,11-12,21,24-25H2,1-5H3,(H,49,51)(H,50,52)(H,53,59)(H,54,60)/t27?,32-,37-,38-,39-,40+/m0/s1. The number of fused-ring (bicyclic) bond motifs is 6. The Morgan fingerprint density at radius 1 is 0.778 bits per heavy atom. The average molecular weight is 869 g/mol. The summed E-state index contributed by atoms with van der Waals surface area (Å²) in [5.41, 5.74) is 5.63. The minimum Gasteiger partial charge on any atom is -0.453 e. The largest absolute Gasteiger partial charge is 0.453 e. The first-order valence-electron chi connectivity index (χ1n) is 21.6. The highest BCUT2D eigenvalue weighted by Gasteiger charge is 2.43. The van der Waals surface area contributed by atoms with E-state index in [0.717, 1.165) is 85.6 Å². The number of aromatic nitrogens is 4. The van der Waals surface area contributed by atoms with Gasteiger partial charge in [-0.3, -0.25) is 9.59 Å². The number of hydrogen-bond donors (Lipinski definition) is 4. The first-order valence-corrected chi connectivity index (χ1v) is 22.8. The lowest BCUT2D eigenvalue weighted by Crippen LogP contribution is -2.52. The Labute approximate surface area is 369 Å². The Morgan fingerprint density at radius 2 is 1.40 bits per heavy atom. The van der Waals surface area contributed by atoms with Gasteiger partial charge in [-0.15, -0.1) is 0 Å². The molecule has 63 heavy (non-hydrogen) atoms. The Bertz CT molecular complexity index is 2810. The van der Waals surface area contributed by atoms with E-state index in [9.17, 15) is 19.2 Å². The molecule has 6 atom stereocenters. The molecule has 326 valence electrons. The maximum Gasteiger partial charge on any atom is 0.407 e. The number of hydrogen-bond acceptors (Lipinski definition) is 9. The maximum atomic E-state index is 14.4. The fraction of sp³-hybridized carbons (Fsp3) is 0.375. The molecule has 0 saturated carbocycles. The summed E-state index contributed by atoms with van der Waals surface area (Å²) in [5, 5.41) is 9.95. The van der Waals surface area contributed by atoms with Gasteiger partial charge in [-0.1, -0.05) is 74.5 Å². The van der Waals surface area contributed by atoms with Crippen LogP contribution in [-0.4, -0.2) is 105 Å². The van der Waals surface area contributed by atoms with Crippen molar-refractivity contribution in [3.05, 3.63) is 96.6 Å². The number of alkyl carbamates (subject to hydrolysis) is 2. The van der Waals surface area contributed by atoms with Crippen LogP contribution in [-0.2, 0) is 19.1 Å². The lowest BCUT2D eigenvalue weighted by Gasteiger charge is -2.31. The van der Waals surface area contributed by atoms with Crippen LogP contribution in [0.2, 0.25) is 0 Å². The van der Waals surface area contributed by atoms with Gasteiger partial charge in [0.25, 0.3) is 0 Å². The molecule has 0 spiro atoms. The zero-order chi connectivity index (χ0) is 43.9. The second-order valence-corrected chi connectivity index (χ2v) is 18.1. The number of carbonyl (C=O) groups excluding carboxylic acids is 4. The molecule has 9 rings (SSSR count). The van der Waals surface area contributed by atoms with Gasteiger partial charge in [0.05, 0.1) is 48.4 Å². The number of rotatable bonds is 10. The number of thioether (sulfide) groups is 1. The van der Waals surface area contributed by atoms with Gasteiger partial charge in [0.1, 0.15) is 23.7 Å². The SMILES string of the molecule is COC(=O)N[C@H](C(=O)N1CCC[C@H]1c1nc2ccc3cc(-c4ccc5c(ccc6nc([C@@H]7C[C@H](SC)CN7C(=O)[C@H](NC(=O)OC)C7C=CC=CC7)[nH]c65)c4)ccc3c2[nH]1)C(C)C. The van der Waals surface area contributed by atoms with Crippen LogP contribution in [0, 0.1) is 11.8 Å². The number of likely N-dealkylation sites (tertiary alicyclic amines) is 2. The summed E-state index contributed by atoms with van der Waals surface area (Å²) in [4.78, 5) is 73.6. The topological polar surface area (TPSA) is 175 Å². The van der Waals surface area contributed by atoms with E-state index >= 15 is 0 Å². The molecule has 14 nitrogen and oxygen atoms in total. The third-order valence-electron chi connectivity index (χ3n) is 12.9. The smallest absolute Gasteiger partial charge is 0.407 e. The highest BCUT2D eigenvalue weighted by molar-refractivity contribution is 7.99. The Hall–Kier alpha value is -6.35. The van der Waals surface area contributed by atoms with Crippen molar-refractivity contribution in [2.24, 2.45) is 11.8 Å². The molecular formula is C48H52N8O6S. The molecule has 2 fully saturated rings. The minimum atomic E-state index is -0.773. The first-order chi connectivity index (χ1) is 30.5. The molecular weight excluding hydrogens is 817 g/mol. The molecule has 15 heteroatoms. The molecule has 4 heterocycles.